The number of hydrogen-bond acceptors (Lipinski definition) is 1. The van der Waals surface area contributed by atoms with E-state index in [1.165, 1.54) is 0 Å². The molecule has 1 aromatic carbocycles. The molecule has 0 heterocycles. The molecule has 1 rings (SSSR count). The van der Waals surface area contributed by atoms with Gasteiger partial charge in [0.25, 0.3) is 5.92 Å². The smallest absolute Gasteiger partial charge is 0.270 e. The van der Waals surface area contributed by atoms with Gasteiger partial charge in [0.1, 0.15) is 0 Å². The van der Waals surface area contributed by atoms with Crippen LogP contribution in [-0.2, 0) is 5.92 Å². The van der Waals surface area contributed by atoms with Gasteiger partial charge in [-0.05, 0) is 43.9 Å². The number of aryl methyl sites for hydroxylation is 1. The summed E-state index contributed by atoms with van der Waals surface area (Å²) in [5.74, 6) is -2.83. The molecule has 0 aliphatic carbocycles. The lowest BCUT2D eigenvalue weighted by Crippen LogP contribution is -2.11. The van der Waals surface area contributed by atoms with Gasteiger partial charge in [0.05, 0.1) is 0 Å². The average Bonchev–Trinajstić information content (AvgIpc) is 2.29. The van der Waals surface area contributed by atoms with Crippen molar-refractivity contribution in [2.45, 2.75) is 39.5 Å². The third-order valence-electron chi connectivity index (χ3n) is 3.10. The van der Waals surface area contributed by atoms with Gasteiger partial charge in [0.15, 0.2) is 0 Å². The fourth-order valence-corrected chi connectivity index (χ4v) is 1.99. The predicted octanol–water partition coefficient (Wildman–Crippen LogP) is 4.88. The summed E-state index contributed by atoms with van der Waals surface area (Å²) in [7, 11) is 1.69. The van der Waals surface area contributed by atoms with Crippen molar-refractivity contribution < 1.29 is 8.78 Å². The van der Waals surface area contributed by atoms with Crippen molar-refractivity contribution in [3.63, 3.8) is 0 Å². The molecule has 0 fully saturated rings. The summed E-state index contributed by atoms with van der Waals surface area (Å²) in [6.45, 7) is 8.43. The van der Waals surface area contributed by atoms with Crippen molar-refractivity contribution in [2.75, 3.05) is 7.05 Å². The van der Waals surface area contributed by atoms with Crippen LogP contribution < -0.4 is 0 Å². The molecule has 0 amide bonds. The van der Waals surface area contributed by atoms with Gasteiger partial charge in [-0.3, -0.25) is 4.99 Å². The normalized spacial score (nSPS) is 12.6. The Bertz CT molecular complexity index is 496. The fourth-order valence-electron chi connectivity index (χ4n) is 1.99. The van der Waals surface area contributed by atoms with Gasteiger partial charge < -0.3 is 0 Å². The second-order valence-corrected chi connectivity index (χ2v) is 5.05. The fraction of sp³-hybridized carbons (Fsp3) is 0.438. The summed E-state index contributed by atoms with van der Waals surface area (Å²) in [4.78, 5) is 4.21. The van der Waals surface area contributed by atoms with Crippen molar-refractivity contribution in [1.29, 1.82) is 0 Å². The minimum absolute atomic E-state index is 0.0708. The molecule has 19 heavy (non-hydrogen) atoms. The molecule has 0 aliphatic rings. The standard InChI is InChI=1S/C16H21F2N/c1-11(2)6-9-15(19-5)13-8-7-12(3)14(10-13)16(4,17)18/h7-8,10H,1,6,9H2,2-5H3/b19-15+. The predicted molar refractivity (Wildman–Crippen MR) is 77.3 cm³/mol. The van der Waals surface area contributed by atoms with E-state index in [1.54, 1.807) is 26.1 Å². The van der Waals surface area contributed by atoms with E-state index in [1.807, 2.05) is 13.0 Å². The first-order valence-corrected chi connectivity index (χ1v) is 6.35. The molecule has 0 N–H and O–H groups in total. The molecule has 0 unspecified atom stereocenters. The van der Waals surface area contributed by atoms with Crippen LogP contribution in [-0.4, -0.2) is 12.8 Å². The van der Waals surface area contributed by atoms with Gasteiger partial charge in [-0.2, -0.15) is 0 Å². The topological polar surface area (TPSA) is 12.4 Å². The van der Waals surface area contributed by atoms with Crippen molar-refractivity contribution in [2.24, 2.45) is 4.99 Å². The van der Waals surface area contributed by atoms with Gasteiger partial charge in [-0.15, -0.1) is 6.58 Å². The Morgan fingerprint density at radius 1 is 1.32 bits per heavy atom. The summed E-state index contributed by atoms with van der Waals surface area (Å²) >= 11 is 0. The summed E-state index contributed by atoms with van der Waals surface area (Å²) in [6, 6.07) is 5.13. The zero-order valence-electron chi connectivity index (χ0n) is 12.1. The van der Waals surface area contributed by atoms with Crippen LogP contribution in [0.4, 0.5) is 8.78 Å². The summed E-state index contributed by atoms with van der Waals surface area (Å²) in [5.41, 5.74) is 3.35. The van der Waals surface area contributed by atoms with Crippen LogP contribution in [0, 0.1) is 6.92 Å². The van der Waals surface area contributed by atoms with E-state index < -0.39 is 5.92 Å². The van der Waals surface area contributed by atoms with Crippen LogP contribution in [0.3, 0.4) is 0 Å². The number of alkyl halides is 2. The molecule has 3 heteroatoms. The van der Waals surface area contributed by atoms with Crippen molar-refractivity contribution in [1.82, 2.24) is 0 Å². The first kappa shape index (κ1) is 15.5. The molecule has 0 bridgehead atoms. The zero-order valence-corrected chi connectivity index (χ0v) is 12.1. The number of halogens is 2. The summed E-state index contributed by atoms with van der Waals surface area (Å²) in [5, 5.41) is 0. The van der Waals surface area contributed by atoms with E-state index in [0.29, 0.717) is 5.56 Å². The van der Waals surface area contributed by atoms with E-state index >= 15 is 0 Å². The molecule has 0 aromatic heterocycles. The molecule has 0 aliphatic heterocycles. The van der Waals surface area contributed by atoms with E-state index in [4.69, 9.17) is 0 Å². The van der Waals surface area contributed by atoms with Crippen LogP contribution in [0.25, 0.3) is 0 Å². The number of nitrogens with zero attached hydrogens (tertiary/aromatic N) is 1. The molecule has 104 valence electrons. The number of allylic oxidation sites excluding steroid dienone is 1. The molecular weight excluding hydrogens is 244 g/mol. The van der Waals surface area contributed by atoms with E-state index in [0.717, 1.165) is 36.6 Å². The highest BCUT2D eigenvalue weighted by Gasteiger charge is 2.26. The van der Waals surface area contributed by atoms with Crippen LogP contribution in [0.5, 0.6) is 0 Å². The second-order valence-electron chi connectivity index (χ2n) is 5.05. The maximum atomic E-state index is 13.5. The van der Waals surface area contributed by atoms with Crippen LogP contribution in [0.1, 0.15) is 43.4 Å². The first-order valence-electron chi connectivity index (χ1n) is 6.35. The Labute approximate surface area is 114 Å². The minimum atomic E-state index is -2.83. The van der Waals surface area contributed by atoms with E-state index in [2.05, 4.69) is 11.6 Å². The highest BCUT2D eigenvalue weighted by molar-refractivity contribution is 6.00. The van der Waals surface area contributed by atoms with Crippen molar-refractivity contribution in [3.05, 3.63) is 47.0 Å². The Balaban J connectivity index is 3.10. The van der Waals surface area contributed by atoms with E-state index in [9.17, 15) is 8.78 Å². The maximum absolute atomic E-state index is 13.5. The first-order chi connectivity index (χ1) is 8.75. The monoisotopic (exact) mass is 265 g/mol. The van der Waals surface area contributed by atoms with Crippen molar-refractivity contribution in [3.8, 4) is 0 Å². The number of hydrogen-bond donors (Lipinski definition) is 0. The Hall–Kier alpha value is -1.51. The molecular formula is C16H21F2N. The van der Waals surface area contributed by atoms with Crippen molar-refractivity contribution >= 4 is 5.71 Å². The summed E-state index contributed by atoms with van der Waals surface area (Å²) in [6.07, 6.45) is 1.54. The lowest BCUT2D eigenvalue weighted by atomic mass is 9.96. The van der Waals surface area contributed by atoms with Gasteiger partial charge in [-0.25, -0.2) is 8.78 Å². The Kier molecular flexibility index (Phi) is 4.98. The SMILES string of the molecule is C=C(C)CC/C(=N\C)c1ccc(C)c(C(C)(F)F)c1. The minimum Gasteiger partial charge on any atom is -0.292 e. The maximum Gasteiger partial charge on any atom is 0.270 e. The second kappa shape index (κ2) is 6.09. The van der Waals surface area contributed by atoms with Crippen LogP contribution in [0.2, 0.25) is 0 Å². The lowest BCUT2D eigenvalue weighted by Gasteiger charge is -2.16. The molecule has 0 atom stereocenters. The molecule has 0 saturated carbocycles. The Morgan fingerprint density at radius 2 is 1.95 bits per heavy atom. The van der Waals surface area contributed by atoms with Crippen LogP contribution >= 0.6 is 0 Å². The molecule has 1 nitrogen and oxygen atoms in total. The molecule has 0 saturated heterocycles. The largest absolute Gasteiger partial charge is 0.292 e. The van der Waals surface area contributed by atoms with Gasteiger partial charge >= 0.3 is 0 Å². The summed E-state index contributed by atoms with van der Waals surface area (Å²) < 4.78 is 27.0. The third kappa shape index (κ3) is 4.27. The highest BCUT2D eigenvalue weighted by Crippen LogP contribution is 2.30. The van der Waals surface area contributed by atoms with Gasteiger partial charge in [0, 0.05) is 25.2 Å². The van der Waals surface area contributed by atoms with Gasteiger partial charge in [-0.1, -0.05) is 17.7 Å². The van der Waals surface area contributed by atoms with Gasteiger partial charge in [0.2, 0.25) is 0 Å². The van der Waals surface area contributed by atoms with E-state index in [-0.39, 0.29) is 5.56 Å². The molecule has 0 spiro atoms. The molecule has 0 radical (unpaired) electrons. The van der Waals surface area contributed by atoms with Crippen LogP contribution in [0.15, 0.2) is 35.3 Å². The highest BCUT2D eigenvalue weighted by atomic mass is 19.3. The molecule has 1 aromatic rings. The zero-order chi connectivity index (χ0) is 14.6. The number of benzene rings is 1. The number of aliphatic imine (C=N–C) groups is 1. The average molecular weight is 265 g/mol. The number of rotatable bonds is 5. The lowest BCUT2D eigenvalue weighted by molar-refractivity contribution is 0.0168. The quantitative estimate of drug-likeness (QED) is 0.531. The third-order valence-corrected chi connectivity index (χ3v) is 3.10. The Morgan fingerprint density at radius 3 is 2.42 bits per heavy atom.